The summed E-state index contributed by atoms with van der Waals surface area (Å²) in [5, 5.41) is 7.85. The van der Waals surface area contributed by atoms with E-state index in [4.69, 9.17) is 0 Å². The summed E-state index contributed by atoms with van der Waals surface area (Å²) in [6.07, 6.45) is 0. The van der Waals surface area contributed by atoms with Gasteiger partial charge in [-0.15, -0.1) is 0 Å². The number of nitrogens with zero attached hydrogens (tertiary/aromatic N) is 1. The van der Waals surface area contributed by atoms with Crippen molar-refractivity contribution >= 4 is 43.4 Å². The summed E-state index contributed by atoms with van der Waals surface area (Å²) in [5.74, 6) is 0. The molecule has 8 aromatic rings. The molecule has 45 heavy (non-hydrogen) atoms. The van der Waals surface area contributed by atoms with Gasteiger partial charge in [-0.1, -0.05) is 137 Å². The number of rotatable bonds is 2. The molecule has 0 saturated carbocycles. The third kappa shape index (κ3) is 3.56. The molecule has 216 valence electrons. The lowest BCUT2D eigenvalue weighted by Crippen LogP contribution is -2.43. The van der Waals surface area contributed by atoms with Crippen molar-refractivity contribution in [3.05, 3.63) is 151 Å². The quantitative estimate of drug-likeness (QED) is 0.180. The summed E-state index contributed by atoms with van der Waals surface area (Å²) in [4.78, 5) is 0. The second-order valence-electron chi connectivity index (χ2n) is 13.8. The van der Waals surface area contributed by atoms with Crippen molar-refractivity contribution in [3.63, 3.8) is 0 Å². The number of hydrogen-bond donors (Lipinski definition) is 0. The Hall–Kier alpha value is -5.14. The highest BCUT2D eigenvalue weighted by molar-refractivity contribution is 6.14. The molecule has 9 rings (SSSR count). The number of benzene rings is 7. The minimum atomic E-state index is -0.0631. The first-order valence-corrected chi connectivity index (χ1v) is 16.0. The lowest BCUT2D eigenvalue weighted by molar-refractivity contribution is 0.301. The highest BCUT2D eigenvalue weighted by atomic mass is 15.0. The van der Waals surface area contributed by atoms with Gasteiger partial charge in [0.15, 0.2) is 0 Å². The van der Waals surface area contributed by atoms with E-state index in [0.29, 0.717) is 0 Å². The second-order valence-corrected chi connectivity index (χ2v) is 13.8. The lowest BCUT2D eigenvalue weighted by Gasteiger charge is -2.49. The molecule has 0 N–H and O–H groups in total. The third-order valence-electron chi connectivity index (χ3n) is 11.1. The summed E-state index contributed by atoms with van der Waals surface area (Å²) in [5.41, 5.74) is 11.7. The molecule has 1 aliphatic rings. The van der Waals surface area contributed by atoms with Gasteiger partial charge < -0.3 is 4.57 Å². The fraction of sp³-hybridized carbons (Fsp3) is 0.136. The predicted molar refractivity (Wildman–Crippen MR) is 193 cm³/mol. The van der Waals surface area contributed by atoms with Crippen molar-refractivity contribution in [1.82, 2.24) is 4.57 Å². The Kier molecular flexibility index (Phi) is 5.37. The van der Waals surface area contributed by atoms with E-state index in [1.807, 2.05) is 0 Å². The maximum Gasteiger partial charge on any atom is 0.0541 e. The molecule has 0 atom stereocenters. The van der Waals surface area contributed by atoms with Gasteiger partial charge in [-0.25, -0.2) is 0 Å². The average molecular weight is 578 g/mol. The first kappa shape index (κ1) is 26.3. The lowest BCUT2D eigenvalue weighted by atomic mass is 9.54. The summed E-state index contributed by atoms with van der Waals surface area (Å²) in [6, 6.07) is 51.8. The van der Waals surface area contributed by atoms with E-state index >= 15 is 0 Å². The van der Waals surface area contributed by atoms with Gasteiger partial charge >= 0.3 is 0 Å². The van der Waals surface area contributed by atoms with Crippen LogP contribution in [-0.4, -0.2) is 4.57 Å². The molecule has 0 fully saturated rings. The molecular formula is C44H35N. The third-order valence-corrected chi connectivity index (χ3v) is 11.1. The van der Waals surface area contributed by atoms with Gasteiger partial charge in [-0.05, 0) is 90.7 Å². The van der Waals surface area contributed by atoms with Crippen molar-refractivity contribution in [2.75, 3.05) is 0 Å². The van der Waals surface area contributed by atoms with Crippen LogP contribution in [0, 0.1) is 0 Å². The molecule has 0 saturated heterocycles. The highest BCUT2D eigenvalue weighted by Crippen LogP contribution is 2.56. The number of hydrogen-bond acceptors (Lipinski definition) is 0. The Morgan fingerprint density at radius 3 is 2.02 bits per heavy atom. The van der Waals surface area contributed by atoms with E-state index < -0.39 is 0 Å². The summed E-state index contributed by atoms with van der Waals surface area (Å²) in [7, 11) is 0. The Morgan fingerprint density at radius 1 is 0.444 bits per heavy atom. The molecule has 0 radical (unpaired) electrons. The first-order valence-electron chi connectivity index (χ1n) is 16.0. The van der Waals surface area contributed by atoms with E-state index in [9.17, 15) is 0 Å². The van der Waals surface area contributed by atoms with Crippen molar-refractivity contribution in [2.24, 2.45) is 0 Å². The molecule has 0 bridgehead atoms. The first-order chi connectivity index (χ1) is 21.8. The average Bonchev–Trinajstić information content (AvgIpc) is 3.41. The molecule has 0 spiro atoms. The maximum atomic E-state index is 2.44. The van der Waals surface area contributed by atoms with Gasteiger partial charge in [0.1, 0.15) is 0 Å². The summed E-state index contributed by atoms with van der Waals surface area (Å²) < 4.78 is 2.44. The van der Waals surface area contributed by atoms with Crippen molar-refractivity contribution < 1.29 is 0 Å². The molecule has 1 heteroatoms. The zero-order chi connectivity index (χ0) is 30.5. The van der Waals surface area contributed by atoms with Gasteiger partial charge in [-0.2, -0.15) is 0 Å². The van der Waals surface area contributed by atoms with E-state index in [1.54, 1.807) is 0 Å². The minimum Gasteiger partial charge on any atom is -0.309 e. The zero-order valence-electron chi connectivity index (χ0n) is 26.2. The molecule has 0 amide bonds. The van der Waals surface area contributed by atoms with Gasteiger partial charge in [0, 0.05) is 21.9 Å². The molecule has 1 nitrogen and oxygen atoms in total. The van der Waals surface area contributed by atoms with Gasteiger partial charge in [0.2, 0.25) is 0 Å². The SMILES string of the molecule is CC1(C)c2ccccc2-c2ccc3ccc4cc(-n5c6ccccc6c6cc(-c7ccccc7)ccc65)ccc4c3c2C1(C)C. The predicted octanol–water partition coefficient (Wildman–Crippen LogP) is 12.0. The zero-order valence-corrected chi connectivity index (χ0v) is 26.2. The second kappa shape index (κ2) is 9.19. The van der Waals surface area contributed by atoms with Crippen molar-refractivity contribution in [1.29, 1.82) is 0 Å². The van der Waals surface area contributed by atoms with E-state index in [-0.39, 0.29) is 10.8 Å². The number of fused-ring (bicyclic) bond motifs is 10. The van der Waals surface area contributed by atoms with E-state index in [1.165, 1.54) is 82.4 Å². The number of aromatic nitrogens is 1. The van der Waals surface area contributed by atoms with Crippen LogP contribution in [0.5, 0.6) is 0 Å². The largest absolute Gasteiger partial charge is 0.309 e. The molecule has 1 aromatic heterocycles. The van der Waals surface area contributed by atoms with Crippen LogP contribution in [0.3, 0.4) is 0 Å². The highest BCUT2D eigenvalue weighted by Gasteiger charge is 2.46. The summed E-state index contributed by atoms with van der Waals surface area (Å²) >= 11 is 0. The van der Waals surface area contributed by atoms with Crippen LogP contribution < -0.4 is 0 Å². The Labute approximate surface area is 264 Å². The van der Waals surface area contributed by atoms with Crippen LogP contribution in [-0.2, 0) is 10.8 Å². The molecule has 0 aliphatic heterocycles. The normalized spacial score (nSPS) is 15.0. The van der Waals surface area contributed by atoms with E-state index in [2.05, 4.69) is 172 Å². The van der Waals surface area contributed by atoms with Crippen molar-refractivity contribution in [2.45, 2.75) is 38.5 Å². The van der Waals surface area contributed by atoms with Crippen molar-refractivity contribution in [3.8, 4) is 27.9 Å². The van der Waals surface area contributed by atoms with Crippen LogP contribution in [0.1, 0.15) is 38.8 Å². The van der Waals surface area contributed by atoms with Crippen LogP contribution in [0.2, 0.25) is 0 Å². The maximum absolute atomic E-state index is 2.44. The van der Waals surface area contributed by atoms with Gasteiger partial charge in [0.25, 0.3) is 0 Å². The molecular weight excluding hydrogens is 542 g/mol. The minimum absolute atomic E-state index is 0.0193. The van der Waals surface area contributed by atoms with E-state index in [0.717, 1.165) is 0 Å². The molecule has 1 aliphatic carbocycles. The standard InChI is InChI=1S/C44H35N/c1-43(2)38-16-10-8-14-34(38)36-23-20-29-18-19-31-26-32(22-24-33(31)41(29)42(36)44(43,3)4)45-39-17-11-9-15-35(39)37-27-30(21-25-40(37)45)28-12-6-5-7-13-28/h5-27H,1-4H3. The van der Waals surface area contributed by atoms with Gasteiger partial charge in [0.05, 0.1) is 11.0 Å². The van der Waals surface area contributed by atoms with Crippen LogP contribution in [0.4, 0.5) is 0 Å². The molecule has 0 unspecified atom stereocenters. The number of para-hydroxylation sites is 1. The molecule has 1 heterocycles. The molecule has 7 aromatic carbocycles. The van der Waals surface area contributed by atoms with Crippen LogP contribution in [0.15, 0.2) is 140 Å². The van der Waals surface area contributed by atoms with Crippen LogP contribution >= 0.6 is 0 Å². The smallest absolute Gasteiger partial charge is 0.0541 e. The Morgan fingerprint density at radius 2 is 1.16 bits per heavy atom. The fourth-order valence-electron chi connectivity index (χ4n) is 8.13. The fourth-order valence-corrected chi connectivity index (χ4v) is 8.13. The summed E-state index contributed by atoms with van der Waals surface area (Å²) in [6.45, 7) is 9.72. The van der Waals surface area contributed by atoms with Gasteiger partial charge in [-0.3, -0.25) is 0 Å². The Bertz CT molecular complexity index is 2470. The Balaban J connectivity index is 1.30. The van der Waals surface area contributed by atoms with Crippen LogP contribution in [0.25, 0.3) is 71.3 Å². The monoisotopic (exact) mass is 577 g/mol. The topological polar surface area (TPSA) is 4.93 Å².